The number of aromatic nitrogens is 2. The van der Waals surface area contributed by atoms with Gasteiger partial charge in [-0.1, -0.05) is 6.42 Å². The lowest BCUT2D eigenvalue weighted by molar-refractivity contribution is -0.144. The minimum atomic E-state index is -0.883. The predicted molar refractivity (Wildman–Crippen MR) is 91.4 cm³/mol. The van der Waals surface area contributed by atoms with Crippen molar-refractivity contribution in [3.05, 3.63) is 17.5 Å². The van der Waals surface area contributed by atoms with Crippen LogP contribution in [-0.2, 0) is 9.59 Å². The Morgan fingerprint density at radius 2 is 2.04 bits per heavy atom. The molecule has 1 saturated carbocycles. The number of hydrogen-bond donors (Lipinski definition) is 2. The van der Waals surface area contributed by atoms with Crippen molar-refractivity contribution in [2.45, 2.75) is 56.9 Å². The smallest absolute Gasteiger partial charge is 0.309 e. The summed E-state index contributed by atoms with van der Waals surface area (Å²) in [7, 11) is 0. The standard InChI is InChI=1S/C18H24N4O3/c1-11-9-14(12-3-2-4-12)20-17(19-11)22-7-5-18(6-8-22)13(16(24)25)10-15(23)21-18/h9,12-13H,2-8,10H2,1H3,(H,21,23)(H,24,25). The second-order valence-electron chi connectivity index (χ2n) is 7.65. The van der Waals surface area contributed by atoms with Gasteiger partial charge in [-0.05, 0) is 38.7 Å². The van der Waals surface area contributed by atoms with Gasteiger partial charge in [-0.2, -0.15) is 0 Å². The Morgan fingerprint density at radius 1 is 1.32 bits per heavy atom. The molecule has 0 aromatic carbocycles. The highest BCUT2D eigenvalue weighted by molar-refractivity contribution is 5.88. The van der Waals surface area contributed by atoms with Crippen molar-refractivity contribution in [2.75, 3.05) is 18.0 Å². The lowest BCUT2D eigenvalue weighted by Gasteiger charge is -2.41. The third-order valence-electron chi connectivity index (χ3n) is 6.07. The molecule has 1 aromatic rings. The molecule has 25 heavy (non-hydrogen) atoms. The summed E-state index contributed by atoms with van der Waals surface area (Å²) < 4.78 is 0. The van der Waals surface area contributed by atoms with E-state index in [9.17, 15) is 14.7 Å². The summed E-state index contributed by atoms with van der Waals surface area (Å²) in [5.41, 5.74) is 1.50. The molecule has 0 bridgehead atoms. The van der Waals surface area contributed by atoms with Crippen molar-refractivity contribution in [3.63, 3.8) is 0 Å². The van der Waals surface area contributed by atoms with Crippen LogP contribution in [0.3, 0.4) is 0 Å². The molecule has 7 heteroatoms. The first-order chi connectivity index (χ1) is 12.0. The number of carbonyl (C=O) groups excluding carboxylic acids is 1. The van der Waals surface area contributed by atoms with E-state index >= 15 is 0 Å². The van der Waals surface area contributed by atoms with Crippen molar-refractivity contribution in [3.8, 4) is 0 Å². The highest BCUT2D eigenvalue weighted by Gasteiger charge is 2.51. The van der Waals surface area contributed by atoms with Gasteiger partial charge < -0.3 is 15.3 Å². The molecule has 2 aliphatic heterocycles. The van der Waals surface area contributed by atoms with Crippen molar-refractivity contribution in [1.82, 2.24) is 15.3 Å². The van der Waals surface area contributed by atoms with Gasteiger partial charge >= 0.3 is 5.97 Å². The van der Waals surface area contributed by atoms with E-state index < -0.39 is 17.4 Å². The summed E-state index contributed by atoms with van der Waals surface area (Å²) in [6.45, 7) is 3.33. The highest BCUT2D eigenvalue weighted by Crippen LogP contribution is 2.39. The molecule has 1 aromatic heterocycles. The summed E-state index contributed by atoms with van der Waals surface area (Å²) in [5.74, 6) is -0.369. The zero-order chi connectivity index (χ0) is 17.6. The number of nitrogens with zero attached hydrogens (tertiary/aromatic N) is 3. The molecule has 7 nitrogen and oxygen atoms in total. The topological polar surface area (TPSA) is 95.4 Å². The van der Waals surface area contributed by atoms with Crippen LogP contribution in [0.1, 0.15) is 55.8 Å². The fraction of sp³-hybridized carbons (Fsp3) is 0.667. The Morgan fingerprint density at radius 3 is 2.64 bits per heavy atom. The fourth-order valence-electron chi connectivity index (χ4n) is 4.33. The quantitative estimate of drug-likeness (QED) is 0.865. The minimum Gasteiger partial charge on any atom is -0.481 e. The van der Waals surface area contributed by atoms with Gasteiger partial charge in [-0.3, -0.25) is 9.59 Å². The maximum Gasteiger partial charge on any atom is 0.309 e. The van der Waals surface area contributed by atoms with Crippen LogP contribution in [0.2, 0.25) is 0 Å². The second-order valence-corrected chi connectivity index (χ2v) is 7.65. The number of carbonyl (C=O) groups is 2. The van der Waals surface area contributed by atoms with Gasteiger partial charge in [0.25, 0.3) is 0 Å². The summed E-state index contributed by atoms with van der Waals surface area (Å²) in [5, 5.41) is 12.4. The van der Waals surface area contributed by atoms with Gasteiger partial charge in [0.15, 0.2) is 0 Å². The molecule has 134 valence electrons. The zero-order valence-electron chi connectivity index (χ0n) is 14.5. The number of hydrogen-bond acceptors (Lipinski definition) is 5. The first kappa shape index (κ1) is 16.3. The molecule has 2 N–H and O–H groups in total. The van der Waals surface area contributed by atoms with Gasteiger partial charge in [0, 0.05) is 36.8 Å². The van der Waals surface area contributed by atoms with E-state index in [1.54, 1.807) is 0 Å². The number of carboxylic acids is 1. The van der Waals surface area contributed by atoms with Crippen molar-refractivity contribution in [1.29, 1.82) is 0 Å². The Bertz CT molecular complexity index is 708. The third kappa shape index (κ3) is 2.85. The number of anilines is 1. The van der Waals surface area contributed by atoms with Crippen molar-refractivity contribution in [2.24, 2.45) is 5.92 Å². The summed E-state index contributed by atoms with van der Waals surface area (Å²) in [6.07, 6.45) is 4.99. The molecule has 1 spiro atoms. The van der Waals surface area contributed by atoms with Crippen molar-refractivity contribution < 1.29 is 14.7 Å². The van der Waals surface area contributed by atoms with E-state index in [2.05, 4.69) is 21.3 Å². The van der Waals surface area contributed by atoms with Crippen LogP contribution < -0.4 is 10.2 Å². The Labute approximate surface area is 146 Å². The first-order valence-electron chi connectivity index (χ1n) is 9.11. The molecular formula is C18H24N4O3. The van der Waals surface area contributed by atoms with E-state index in [1.807, 2.05) is 6.92 Å². The van der Waals surface area contributed by atoms with Crippen LogP contribution in [0.25, 0.3) is 0 Å². The van der Waals surface area contributed by atoms with Gasteiger partial charge in [-0.15, -0.1) is 0 Å². The van der Waals surface area contributed by atoms with Crippen LogP contribution >= 0.6 is 0 Å². The molecule has 1 aliphatic carbocycles. The number of aryl methyl sites for hydroxylation is 1. The average Bonchev–Trinajstić information content (AvgIpc) is 2.82. The van der Waals surface area contributed by atoms with Crippen LogP contribution in [0, 0.1) is 12.8 Å². The molecule has 3 heterocycles. The number of amides is 1. The molecular weight excluding hydrogens is 320 g/mol. The first-order valence-corrected chi connectivity index (χ1v) is 9.11. The Kier molecular flexibility index (Phi) is 3.89. The maximum atomic E-state index is 11.8. The number of nitrogens with one attached hydrogen (secondary N) is 1. The highest BCUT2D eigenvalue weighted by atomic mass is 16.4. The summed E-state index contributed by atoms with van der Waals surface area (Å²) in [6, 6.07) is 2.08. The van der Waals surface area contributed by atoms with Gasteiger partial charge in [-0.25, -0.2) is 9.97 Å². The van der Waals surface area contributed by atoms with Crippen LogP contribution in [0.15, 0.2) is 6.07 Å². The maximum absolute atomic E-state index is 11.8. The summed E-state index contributed by atoms with van der Waals surface area (Å²) >= 11 is 0. The van der Waals surface area contributed by atoms with Crippen molar-refractivity contribution >= 4 is 17.8 Å². The van der Waals surface area contributed by atoms with Gasteiger partial charge in [0.1, 0.15) is 0 Å². The van der Waals surface area contributed by atoms with E-state index in [0.717, 1.165) is 17.3 Å². The van der Waals surface area contributed by atoms with E-state index in [1.165, 1.54) is 19.3 Å². The largest absolute Gasteiger partial charge is 0.481 e. The molecule has 1 unspecified atom stereocenters. The van der Waals surface area contributed by atoms with Gasteiger partial charge in [0.2, 0.25) is 11.9 Å². The molecule has 1 amide bonds. The third-order valence-corrected chi connectivity index (χ3v) is 6.07. The molecule has 4 rings (SSSR count). The zero-order valence-corrected chi connectivity index (χ0v) is 14.5. The van der Waals surface area contributed by atoms with Gasteiger partial charge in [0.05, 0.1) is 11.5 Å². The molecule has 2 saturated heterocycles. The number of rotatable bonds is 3. The van der Waals surface area contributed by atoms with E-state index in [4.69, 9.17) is 4.98 Å². The molecule has 0 radical (unpaired) electrons. The van der Waals surface area contributed by atoms with Crippen LogP contribution in [0.4, 0.5) is 5.95 Å². The van der Waals surface area contributed by atoms with Crippen LogP contribution in [0.5, 0.6) is 0 Å². The summed E-state index contributed by atoms with van der Waals surface area (Å²) in [4.78, 5) is 34.8. The lowest BCUT2D eigenvalue weighted by atomic mass is 9.78. The van der Waals surface area contributed by atoms with Crippen LogP contribution in [-0.4, -0.2) is 45.6 Å². The number of aliphatic carboxylic acids is 1. The monoisotopic (exact) mass is 344 g/mol. The molecule has 3 fully saturated rings. The predicted octanol–water partition coefficient (Wildman–Crippen LogP) is 1.61. The minimum absolute atomic E-state index is 0.0854. The second kappa shape index (κ2) is 5.97. The Hall–Kier alpha value is -2.18. The SMILES string of the molecule is Cc1cc(C2CCC2)nc(N2CCC3(CC2)NC(=O)CC3C(=O)O)n1. The fourth-order valence-corrected chi connectivity index (χ4v) is 4.33. The number of carboxylic acid groups (broad SMARTS) is 1. The lowest BCUT2D eigenvalue weighted by Crippen LogP contribution is -2.56. The Balaban J connectivity index is 1.51. The van der Waals surface area contributed by atoms with E-state index in [-0.39, 0.29) is 12.3 Å². The number of piperidine rings is 1. The molecule has 3 aliphatic rings. The molecule has 1 atom stereocenters. The average molecular weight is 344 g/mol. The normalized spacial score (nSPS) is 25.7. The van der Waals surface area contributed by atoms with E-state index in [0.29, 0.717) is 31.8 Å².